The smallest absolute Gasteiger partial charge is 0.153 e. The number of pyridine rings is 1. The first-order valence-corrected chi connectivity index (χ1v) is 7.56. The summed E-state index contributed by atoms with van der Waals surface area (Å²) in [4.78, 5) is 6.99. The Kier molecular flexibility index (Phi) is 5.01. The monoisotopic (exact) mass is 275 g/mol. The Bertz CT molecular complexity index is 546. The van der Waals surface area contributed by atoms with Crippen molar-refractivity contribution >= 4 is 11.5 Å². The molecule has 0 atom stereocenters. The average Bonchev–Trinajstić information content (AvgIpc) is 2.87. The van der Waals surface area contributed by atoms with Gasteiger partial charge in [-0.15, -0.1) is 0 Å². The van der Waals surface area contributed by atoms with Crippen LogP contribution in [0.1, 0.15) is 39.3 Å². The second kappa shape index (κ2) is 6.75. The van der Waals surface area contributed by atoms with Crippen molar-refractivity contribution in [1.29, 1.82) is 0 Å². The first-order chi connectivity index (χ1) is 9.74. The van der Waals surface area contributed by atoms with Crippen LogP contribution < -0.4 is 4.90 Å². The van der Waals surface area contributed by atoms with Gasteiger partial charge in [-0.2, -0.15) is 0 Å². The summed E-state index contributed by atoms with van der Waals surface area (Å²) in [6.07, 6.45) is 4.31. The van der Waals surface area contributed by atoms with Gasteiger partial charge < -0.3 is 10.0 Å². The van der Waals surface area contributed by atoms with Crippen molar-refractivity contribution in [3.63, 3.8) is 0 Å². The molecule has 20 heavy (non-hydrogen) atoms. The molecular weight excluding hydrogens is 250 g/mol. The van der Waals surface area contributed by atoms with E-state index >= 15 is 0 Å². The van der Waals surface area contributed by atoms with E-state index in [2.05, 4.69) is 25.7 Å². The van der Waals surface area contributed by atoms with Crippen molar-refractivity contribution in [1.82, 2.24) is 9.38 Å². The van der Waals surface area contributed by atoms with Crippen molar-refractivity contribution < 1.29 is 5.11 Å². The summed E-state index contributed by atoms with van der Waals surface area (Å²) in [5.74, 6) is 1.60. The molecule has 0 aromatic carbocycles. The van der Waals surface area contributed by atoms with Crippen LogP contribution in [0.3, 0.4) is 0 Å². The Morgan fingerprint density at radius 3 is 2.60 bits per heavy atom. The summed E-state index contributed by atoms with van der Waals surface area (Å²) in [5, 5.41) is 9.71. The van der Waals surface area contributed by atoms with E-state index in [1.807, 2.05) is 28.8 Å². The van der Waals surface area contributed by atoms with Gasteiger partial charge in [-0.25, -0.2) is 4.98 Å². The zero-order valence-corrected chi connectivity index (χ0v) is 12.7. The SMILES string of the molecule is CCC(CC)CN(CC)c1nc2ccccn2c1CO. The van der Waals surface area contributed by atoms with Crippen LogP contribution in [0.4, 0.5) is 5.82 Å². The quantitative estimate of drug-likeness (QED) is 0.844. The fraction of sp³-hybridized carbons (Fsp3) is 0.562. The van der Waals surface area contributed by atoms with Crippen molar-refractivity contribution in [2.75, 3.05) is 18.0 Å². The van der Waals surface area contributed by atoms with E-state index in [-0.39, 0.29) is 6.61 Å². The van der Waals surface area contributed by atoms with E-state index in [1.165, 1.54) is 12.8 Å². The molecule has 0 spiro atoms. The second-order valence-corrected chi connectivity index (χ2v) is 5.19. The summed E-state index contributed by atoms with van der Waals surface area (Å²) in [5.41, 5.74) is 1.78. The minimum absolute atomic E-state index is 0.0138. The zero-order chi connectivity index (χ0) is 14.5. The maximum atomic E-state index is 9.71. The Labute approximate surface area is 121 Å². The molecular formula is C16H25N3O. The Morgan fingerprint density at radius 2 is 2.00 bits per heavy atom. The number of fused-ring (bicyclic) bond motifs is 1. The van der Waals surface area contributed by atoms with Crippen LogP contribution in [0, 0.1) is 5.92 Å². The molecule has 110 valence electrons. The summed E-state index contributed by atoms with van der Waals surface area (Å²) in [6.45, 7) is 8.54. The van der Waals surface area contributed by atoms with Gasteiger partial charge in [0.15, 0.2) is 5.82 Å². The average molecular weight is 275 g/mol. The van der Waals surface area contributed by atoms with Crippen molar-refractivity contribution in [2.45, 2.75) is 40.2 Å². The van der Waals surface area contributed by atoms with Gasteiger partial charge in [0.2, 0.25) is 0 Å². The van der Waals surface area contributed by atoms with Crippen LogP contribution in [0.15, 0.2) is 24.4 Å². The van der Waals surface area contributed by atoms with E-state index in [0.29, 0.717) is 5.92 Å². The van der Waals surface area contributed by atoms with Gasteiger partial charge in [-0.3, -0.25) is 4.40 Å². The lowest BCUT2D eigenvalue weighted by atomic mass is 10.0. The second-order valence-electron chi connectivity index (χ2n) is 5.19. The lowest BCUT2D eigenvalue weighted by molar-refractivity contribution is 0.276. The normalized spacial score (nSPS) is 11.4. The molecule has 2 rings (SSSR count). The van der Waals surface area contributed by atoms with Crippen LogP contribution in [-0.4, -0.2) is 27.6 Å². The van der Waals surface area contributed by atoms with Crippen LogP contribution in [0.5, 0.6) is 0 Å². The first kappa shape index (κ1) is 14.9. The standard InChI is InChI=1S/C16H25N3O/c1-4-13(5-2)11-18(6-3)16-14(12-20)19-10-8-7-9-15(19)17-16/h7-10,13,20H,4-6,11-12H2,1-3H3. The molecule has 4 nitrogen and oxygen atoms in total. The molecule has 0 fully saturated rings. The maximum absolute atomic E-state index is 9.71. The summed E-state index contributed by atoms with van der Waals surface area (Å²) < 4.78 is 1.98. The van der Waals surface area contributed by atoms with Gasteiger partial charge in [-0.1, -0.05) is 32.8 Å². The fourth-order valence-corrected chi connectivity index (χ4v) is 2.66. The van der Waals surface area contributed by atoms with Gasteiger partial charge in [-0.05, 0) is 25.0 Å². The molecule has 4 heteroatoms. The fourth-order valence-electron chi connectivity index (χ4n) is 2.66. The van der Waals surface area contributed by atoms with E-state index in [9.17, 15) is 5.11 Å². The van der Waals surface area contributed by atoms with Gasteiger partial charge in [0.25, 0.3) is 0 Å². The van der Waals surface area contributed by atoms with E-state index in [4.69, 9.17) is 4.98 Å². The van der Waals surface area contributed by atoms with Crippen LogP contribution in [-0.2, 0) is 6.61 Å². The Morgan fingerprint density at radius 1 is 1.25 bits per heavy atom. The van der Waals surface area contributed by atoms with Gasteiger partial charge >= 0.3 is 0 Å². The summed E-state index contributed by atoms with van der Waals surface area (Å²) in [6, 6.07) is 5.92. The topological polar surface area (TPSA) is 40.8 Å². The third-order valence-corrected chi connectivity index (χ3v) is 4.07. The minimum atomic E-state index is 0.0138. The highest BCUT2D eigenvalue weighted by molar-refractivity contribution is 5.55. The number of anilines is 1. The van der Waals surface area contributed by atoms with E-state index in [1.54, 1.807) is 0 Å². The highest BCUT2D eigenvalue weighted by atomic mass is 16.3. The molecule has 0 aliphatic rings. The molecule has 2 aromatic rings. The lowest BCUT2D eigenvalue weighted by Gasteiger charge is -2.26. The lowest BCUT2D eigenvalue weighted by Crippen LogP contribution is -2.30. The molecule has 0 saturated carbocycles. The first-order valence-electron chi connectivity index (χ1n) is 7.56. The van der Waals surface area contributed by atoms with Crippen LogP contribution >= 0.6 is 0 Å². The van der Waals surface area contributed by atoms with E-state index < -0.39 is 0 Å². The molecule has 0 aliphatic heterocycles. The maximum Gasteiger partial charge on any atom is 0.153 e. The molecule has 0 bridgehead atoms. The highest BCUT2D eigenvalue weighted by Gasteiger charge is 2.18. The molecule has 0 radical (unpaired) electrons. The Balaban J connectivity index is 2.38. The Hall–Kier alpha value is -1.55. The van der Waals surface area contributed by atoms with Gasteiger partial charge in [0.1, 0.15) is 5.65 Å². The number of aromatic nitrogens is 2. The number of hydrogen-bond acceptors (Lipinski definition) is 3. The number of rotatable bonds is 7. The van der Waals surface area contributed by atoms with Crippen LogP contribution in [0.25, 0.3) is 5.65 Å². The molecule has 0 amide bonds. The largest absolute Gasteiger partial charge is 0.390 e. The molecule has 2 aromatic heterocycles. The molecule has 0 unspecified atom stereocenters. The van der Waals surface area contributed by atoms with Crippen LogP contribution in [0.2, 0.25) is 0 Å². The van der Waals surface area contributed by atoms with Gasteiger partial charge in [0.05, 0.1) is 12.3 Å². The number of aliphatic hydroxyl groups is 1. The summed E-state index contributed by atoms with van der Waals surface area (Å²) in [7, 11) is 0. The van der Waals surface area contributed by atoms with Crippen molar-refractivity contribution in [2.24, 2.45) is 5.92 Å². The number of hydrogen-bond donors (Lipinski definition) is 1. The number of aliphatic hydroxyl groups excluding tert-OH is 1. The molecule has 1 N–H and O–H groups in total. The molecule has 0 saturated heterocycles. The van der Waals surface area contributed by atoms with Crippen molar-refractivity contribution in [3.8, 4) is 0 Å². The predicted molar refractivity (Wildman–Crippen MR) is 83.1 cm³/mol. The van der Waals surface area contributed by atoms with Gasteiger partial charge in [0, 0.05) is 19.3 Å². The molecule has 2 heterocycles. The third-order valence-electron chi connectivity index (χ3n) is 4.07. The zero-order valence-electron chi connectivity index (χ0n) is 12.7. The predicted octanol–water partition coefficient (Wildman–Crippen LogP) is 3.09. The highest BCUT2D eigenvalue weighted by Crippen LogP contribution is 2.23. The molecule has 0 aliphatic carbocycles. The minimum Gasteiger partial charge on any atom is -0.390 e. The van der Waals surface area contributed by atoms with Crippen molar-refractivity contribution in [3.05, 3.63) is 30.1 Å². The number of imidazole rings is 1. The number of nitrogens with zero attached hydrogens (tertiary/aromatic N) is 3. The summed E-state index contributed by atoms with van der Waals surface area (Å²) >= 11 is 0. The third kappa shape index (κ3) is 2.80. The van der Waals surface area contributed by atoms with E-state index in [0.717, 1.165) is 30.2 Å².